The number of aromatic nitrogens is 2. The quantitative estimate of drug-likeness (QED) is 0.770. The van der Waals surface area contributed by atoms with E-state index in [1.165, 1.54) is 6.07 Å². The molecule has 0 aliphatic carbocycles. The molecule has 0 bridgehead atoms. The van der Waals surface area contributed by atoms with E-state index >= 15 is 0 Å². The Bertz CT molecular complexity index is 818. The Hall–Kier alpha value is -2.36. The number of fused-ring (bicyclic) bond motifs is 1. The van der Waals surface area contributed by atoms with Gasteiger partial charge in [-0.15, -0.1) is 0 Å². The first-order valence-electron chi connectivity index (χ1n) is 7.00. The molecule has 108 valence electrons. The number of anilines is 1. The summed E-state index contributed by atoms with van der Waals surface area (Å²) in [4.78, 5) is 0. The highest BCUT2D eigenvalue weighted by molar-refractivity contribution is 5.97. The SMILES string of the molecule is CC(C)c1c(-c2ccc(F)c3ccccc23)nn(C)c1N. The molecule has 3 nitrogen and oxygen atoms in total. The Morgan fingerprint density at radius 2 is 1.76 bits per heavy atom. The largest absolute Gasteiger partial charge is 0.384 e. The van der Waals surface area contributed by atoms with Crippen molar-refractivity contribution in [1.82, 2.24) is 9.78 Å². The predicted molar refractivity (Wildman–Crippen MR) is 84.6 cm³/mol. The molecule has 2 aromatic carbocycles. The number of aryl methyl sites for hydroxylation is 1. The van der Waals surface area contributed by atoms with Crippen molar-refractivity contribution >= 4 is 16.6 Å². The smallest absolute Gasteiger partial charge is 0.131 e. The average molecular weight is 283 g/mol. The Kier molecular flexibility index (Phi) is 3.16. The van der Waals surface area contributed by atoms with Crippen LogP contribution in [0.5, 0.6) is 0 Å². The van der Waals surface area contributed by atoms with Gasteiger partial charge in [-0.05, 0) is 23.4 Å². The lowest BCUT2D eigenvalue weighted by Crippen LogP contribution is -2.00. The molecule has 0 spiro atoms. The molecule has 0 saturated heterocycles. The van der Waals surface area contributed by atoms with E-state index in [0.717, 1.165) is 22.2 Å². The van der Waals surface area contributed by atoms with Crippen molar-refractivity contribution in [3.05, 3.63) is 47.8 Å². The fraction of sp³-hybridized carbons (Fsp3) is 0.235. The van der Waals surface area contributed by atoms with Gasteiger partial charge in [0.05, 0.1) is 5.69 Å². The van der Waals surface area contributed by atoms with Gasteiger partial charge in [0.2, 0.25) is 0 Å². The fourth-order valence-electron chi connectivity index (χ4n) is 2.79. The molecule has 3 aromatic rings. The summed E-state index contributed by atoms with van der Waals surface area (Å²) in [5.41, 5.74) is 8.90. The van der Waals surface area contributed by atoms with Gasteiger partial charge in [-0.2, -0.15) is 5.10 Å². The normalized spacial score (nSPS) is 11.5. The summed E-state index contributed by atoms with van der Waals surface area (Å²) >= 11 is 0. The zero-order valence-electron chi connectivity index (χ0n) is 12.4. The van der Waals surface area contributed by atoms with Crippen molar-refractivity contribution in [3.63, 3.8) is 0 Å². The van der Waals surface area contributed by atoms with Crippen LogP contribution in [0, 0.1) is 5.82 Å². The lowest BCUT2D eigenvalue weighted by Gasteiger charge is -2.10. The molecule has 0 atom stereocenters. The number of nitrogen functional groups attached to an aromatic ring is 1. The van der Waals surface area contributed by atoms with E-state index in [0.29, 0.717) is 11.2 Å². The zero-order chi connectivity index (χ0) is 15.1. The molecule has 2 N–H and O–H groups in total. The van der Waals surface area contributed by atoms with Crippen molar-refractivity contribution in [2.45, 2.75) is 19.8 Å². The third kappa shape index (κ3) is 2.07. The summed E-state index contributed by atoms with van der Waals surface area (Å²) in [5.74, 6) is 0.690. The number of nitrogens with zero attached hydrogens (tertiary/aromatic N) is 2. The van der Waals surface area contributed by atoms with Crippen LogP contribution in [-0.2, 0) is 7.05 Å². The second-order valence-electron chi connectivity index (χ2n) is 5.57. The first kappa shape index (κ1) is 13.6. The highest BCUT2D eigenvalue weighted by atomic mass is 19.1. The summed E-state index contributed by atoms with van der Waals surface area (Å²) < 4.78 is 15.7. The van der Waals surface area contributed by atoms with Crippen LogP contribution in [0.4, 0.5) is 10.2 Å². The van der Waals surface area contributed by atoms with E-state index in [2.05, 4.69) is 18.9 Å². The highest BCUT2D eigenvalue weighted by Gasteiger charge is 2.20. The van der Waals surface area contributed by atoms with Crippen molar-refractivity contribution in [1.29, 1.82) is 0 Å². The molecular formula is C17H18FN3. The van der Waals surface area contributed by atoms with E-state index in [9.17, 15) is 4.39 Å². The molecule has 1 aromatic heterocycles. The molecule has 0 aliphatic rings. The number of hydrogen-bond donors (Lipinski definition) is 1. The molecule has 3 rings (SSSR count). The second kappa shape index (κ2) is 4.88. The zero-order valence-corrected chi connectivity index (χ0v) is 12.4. The third-order valence-electron chi connectivity index (χ3n) is 3.83. The summed E-state index contributed by atoms with van der Waals surface area (Å²) in [6, 6.07) is 10.7. The summed E-state index contributed by atoms with van der Waals surface area (Å²) in [7, 11) is 1.83. The second-order valence-corrected chi connectivity index (χ2v) is 5.57. The van der Waals surface area contributed by atoms with Crippen LogP contribution in [-0.4, -0.2) is 9.78 Å². The molecule has 4 heteroatoms. The number of rotatable bonds is 2. The topological polar surface area (TPSA) is 43.8 Å². The van der Waals surface area contributed by atoms with E-state index in [4.69, 9.17) is 5.73 Å². The first-order valence-corrected chi connectivity index (χ1v) is 7.00. The lowest BCUT2D eigenvalue weighted by atomic mass is 9.95. The number of hydrogen-bond acceptors (Lipinski definition) is 2. The van der Waals surface area contributed by atoms with Gasteiger partial charge in [0.1, 0.15) is 11.6 Å². The van der Waals surface area contributed by atoms with Gasteiger partial charge in [-0.25, -0.2) is 4.39 Å². The molecule has 1 heterocycles. The van der Waals surface area contributed by atoms with Crippen LogP contribution in [0.1, 0.15) is 25.3 Å². The molecular weight excluding hydrogens is 265 g/mol. The van der Waals surface area contributed by atoms with Crippen LogP contribution >= 0.6 is 0 Å². The average Bonchev–Trinajstić information content (AvgIpc) is 2.75. The maximum atomic E-state index is 14.0. The van der Waals surface area contributed by atoms with E-state index < -0.39 is 0 Å². The number of halogens is 1. The molecule has 21 heavy (non-hydrogen) atoms. The van der Waals surface area contributed by atoms with E-state index in [-0.39, 0.29) is 11.7 Å². The van der Waals surface area contributed by atoms with Crippen molar-refractivity contribution < 1.29 is 4.39 Å². The van der Waals surface area contributed by atoms with Crippen LogP contribution in [0.15, 0.2) is 36.4 Å². The fourth-order valence-corrected chi connectivity index (χ4v) is 2.79. The van der Waals surface area contributed by atoms with Crippen LogP contribution in [0.25, 0.3) is 22.0 Å². The number of benzene rings is 2. The molecule has 0 saturated carbocycles. The van der Waals surface area contributed by atoms with Gasteiger partial charge < -0.3 is 5.73 Å². The lowest BCUT2D eigenvalue weighted by molar-refractivity contribution is 0.640. The molecule has 0 fully saturated rings. The van der Waals surface area contributed by atoms with Gasteiger partial charge >= 0.3 is 0 Å². The Morgan fingerprint density at radius 1 is 1.10 bits per heavy atom. The standard InChI is InChI=1S/C17H18FN3/c1-10(2)15-16(20-21(3)17(15)19)13-8-9-14(18)12-7-5-4-6-11(12)13/h4-10H,19H2,1-3H3. The maximum Gasteiger partial charge on any atom is 0.131 e. The molecule has 0 amide bonds. The molecule has 0 radical (unpaired) electrons. The van der Waals surface area contributed by atoms with Gasteiger partial charge in [-0.3, -0.25) is 4.68 Å². The van der Waals surface area contributed by atoms with E-state index in [1.54, 1.807) is 16.8 Å². The van der Waals surface area contributed by atoms with E-state index in [1.807, 2.05) is 25.2 Å². The summed E-state index contributed by atoms with van der Waals surface area (Å²) in [5, 5.41) is 6.01. The minimum Gasteiger partial charge on any atom is -0.384 e. The van der Waals surface area contributed by atoms with Gasteiger partial charge in [0.25, 0.3) is 0 Å². The van der Waals surface area contributed by atoms with Crippen molar-refractivity contribution in [2.75, 3.05) is 5.73 Å². The Morgan fingerprint density at radius 3 is 2.43 bits per heavy atom. The Balaban J connectivity index is 2.37. The first-order chi connectivity index (χ1) is 10.0. The maximum absolute atomic E-state index is 14.0. The highest BCUT2D eigenvalue weighted by Crippen LogP contribution is 2.36. The van der Waals surface area contributed by atoms with Crippen LogP contribution in [0.3, 0.4) is 0 Å². The number of nitrogens with two attached hydrogens (primary N) is 1. The van der Waals surface area contributed by atoms with Crippen LogP contribution < -0.4 is 5.73 Å². The minimum absolute atomic E-state index is 0.218. The summed E-state index contributed by atoms with van der Waals surface area (Å²) in [6.07, 6.45) is 0. The monoisotopic (exact) mass is 283 g/mol. The molecule has 0 aliphatic heterocycles. The van der Waals surface area contributed by atoms with Crippen molar-refractivity contribution in [3.8, 4) is 11.3 Å². The predicted octanol–water partition coefficient (Wildman–Crippen LogP) is 4.09. The Labute approximate surface area is 123 Å². The molecule has 0 unspecified atom stereocenters. The van der Waals surface area contributed by atoms with Crippen LogP contribution in [0.2, 0.25) is 0 Å². The van der Waals surface area contributed by atoms with Gasteiger partial charge in [0, 0.05) is 23.6 Å². The van der Waals surface area contributed by atoms with Crippen molar-refractivity contribution in [2.24, 2.45) is 7.05 Å². The van der Waals surface area contributed by atoms with Gasteiger partial charge in [0.15, 0.2) is 0 Å². The summed E-state index contributed by atoms with van der Waals surface area (Å²) in [6.45, 7) is 4.17. The third-order valence-corrected chi connectivity index (χ3v) is 3.83. The minimum atomic E-state index is -0.218. The van der Waals surface area contributed by atoms with Gasteiger partial charge in [-0.1, -0.05) is 38.1 Å².